The molecule has 0 saturated carbocycles. The molecule has 2 aliphatic rings. The molecule has 0 aliphatic carbocycles. The molecule has 0 spiro atoms. The van der Waals surface area contributed by atoms with E-state index in [1.165, 1.54) is 44.3 Å². The Bertz CT molecular complexity index is 352. The smallest absolute Gasteiger partial charge is 0.0312 e. The lowest BCUT2D eigenvalue weighted by atomic mass is 9.97. The van der Waals surface area contributed by atoms with E-state index in [-0.39, 0.29) is 0 Å². The maximum Gasteiger partial charge on any atom is 0.0312 e. The highest BCUT2D eigenvalue weighted by Crippen LogP contribution is 2.26. The van der Waals surface area contributed by atoms with Crippen LogP contribution in [0, 0.1) is 0 Å². The fourth-order valence-electron chi connectivity index (χ4n) is 3.17. The summed E-state index contributed by atoms with van der Waals surface area (Å²) < 4.78 is 0. The lowest BCUT2D eigenvalue weighted by Crippen LogP contribution is -2.45. The summed E-state index contributed by atoms with van der Waals surface area (Å²) in [4.78, 5) is 6.82. The first-order chi connectivity index (χ1) is 8.42. The van der Waals surface area contributed by atoms with Crippen LogP contribution in [0.15, 0.2) is 24.5 Å². The number of pyridine rings is 1. The molecule has 0 amide bonds. The molecule has 2 unspecified atom stereocenters. The topological polar surface area (TPSA) is 28.2 Å². The molecule has 0 bridgehead atoms. The van der Waals surface area contributed by atoms with Crippen molar-refractivity contribution in [2.24, 2.45) is 0 Å². The normalized spacial score (nSPS) is 29.2. The van der Waals surface area contributed by atoms with E-state index in [9.17, 15) is 0 Å². The Morgan fingerprint density at radius 3 is 3.24 bits per heavy atom. The molecule has 2 fully saturated rings. The second-order valence-electron chi connectivity index (χ2n) is 5.30. The van der Waals surface area contributed by atoms with Gasteiger partial charge in [0.1, 0.15) is 0 Å². The van der Waals surface area contributed by atoms with Crippen molar-refractivity contribution >= 4 is 0 Å². The van der Waals surface area contributed by atoms with Gasteiger partial charge in [0.2, 0.25) is 0 Å². The van der Waals surface area contributed by atoms with Crippen LogP contribution in [0.1, 0.15) is 31.2 Å². The molecule has 1 N–H and O–H groups in total. The molecule has 2 atom stereocenters. The van der Waals surface area contributed by atoms with Crippen LogP contribution in [0.3, 0.4) is 0 Å². The summed E-state index contributed by atoms with van der Waals surface area (Å²) in [7, 11) is 0. The summed E-state index contributed by atoms with van der Waals surface area (Å²) in [5, 5.41) is 3.68. The number of piperidine rings is 1. The van der Waals surface area contributed by atoms with Crippen LogP contribution in [0.2, 0.25) is 0 Å². The van der Waals surface area contributed by atoms with Gasteiger partial charge in [-0.05, 0) is 50.4 Å². The zero-order valence-corrected chi connectivity index (χ0v) is 10.3. The van der Waals surface area contributed by atoms with E-state index in [1.54, 1.807) is 0 Å². The van der Waals surface area contributed by atoms with Gasteiger partial charge in [-0.25, -0.2) is 0 Å². The molecule has 0 aromatic carbocycles. The van der Waals surface area contributed by atoms with E-state index in [2.05, 4.69) is 21.3 Å². The molecule has 3 nitrogen and oxygen atoms in total. The number of hydrogen-bond donors (Lipinski definition) is 1. The maximum absolute atomic E-state index is 4.15. The molecule has 92 valence electrons. The van der Waals surface area contributed by atoms with Crippen LogP contribution in [-0.4, -0.2) is 35.1 Å². The lowest BCUT2D eigenvalue weighted by molar-refractivity contribution is 0.166. The van der Waals surface area contributed by atoms with Crippen molar-refractivity contribution in [3.63, 3.8) is 0 Å². The average Bonchev–Trinajstić information content (AvgIpc) is 2.85. The quantitative estimate of drug-likeness (QED) is 0.860. The van der Waals surface area contributed by atoms with E-state index in [1.807, 2.05) is 18.5 Å². The van der Waals surface area contributed by atoms with Crippen molar-refractivity contribution in [1.82, 2.24) is 15.2 Å². The number of nitrogens with one attached hydrogen (secondary N) is 1. The third kappa shape index (κ3) is 2.67. The minimum absolute atomic E-state index is 0.703. The van der Waals surface area contributed by atoms with Gasteiger partial charge in [0.05, 0.1) is 0 Å². The lowest BCUT2D eigenvalue weighted by Gasteiger charge is -2.35. The fraction of sp³-hybridized carbons (Fsp3) is 0.643. The van der Waals surface area contributed by atoms with Crippen molar-refractivity contribution in [3.8, 4) is 0 Å². The largest absolute Gasteiger partial charge is 0.310 e. The maximum atomic E-state index is 4.15. The SMILES string of the molecule is c1cncc(CNC2CCN3CCCC3C2)c1. The number of aromatic nitrogens is 1. The van der Waals surface area contributed by atoms with Crippen LogP contribution < -0.4 is 5.32 Å². The van der Waals surface area contributed by atoms with Crippen molar-refractivity contribution in [2.45, 2.75) is 44.3 Å². The molecule has 3 heterocycles. The second kappa shape index (κ2) is 5.15. The van der Waals surface area contributed by atoms with Gasteiger partial charge >= 0.3 is 0 Å². The molecule has 17 heavy (non-hydrogen) atoms. The fourth-order valence-corrected chi connectivity index (χ4v) is 3.17. The van der Waals surface area contributed by atoms with Crippen LogP contribution in [-0.2, 0) is 6.54 Å². The van der Waals surface area contributed by atoms with Gasteiger partial charge in [0.25, 0.3) is 0 Å². The zero-order valence-electron chi connectivity index (χ0n) is 10.3. The minimum atomic E-state index is 0.703. The molecule has 1 aromatic heterocycles. The van der Waals surface area contributed by atoms with Gasteiger partial charge in [0, 0.05) is 31.0 Å². The van der Waals surface area contributed by atoms with Gasteiger partial charge in [0.15, 0.2) is 0 Å². The first-order valence-corrected chi connectivity index (χ1v) is 6.78. The van der Waals surface area contributed by atoms with Crippen molar-refractivity contribution < 1.29 is 0 Å². The van der Waals surface area contributed by atoms with E-state index in [4.69, 9.17) is 0 Å². The molecule has 3 rings (SSSR count). The number of hydrogen-bond acceptors (Lipinski definition) is 3. The van der Waals surface area contributed by atoms with Gasteiger partial charge in [-0.1, -0.05) is 6.07 Å². The summed E-state index contributed by atoms with van der Waals surface area (Å²) in [6.07, 6.45) is 9.24. The number of nitrogens with zero attached hydrogens (tertiary/aromatic N) is 2. The van der Waals surface area contributed by atoms with E-state index in [0.717, 1.165) is 12.6 Å². The summed E-state index contributed by atoms with van der Waals surface area (Å²) in [6, 6.07) is 5.71. The Morgan fingerprint density at radius 1 is 1.35 bits per heavy atom. The second-order valence-corrected chi connectivity index (χ2v) is 5.30. The predicted molar refractivity (Wildman–Crippen MR) is 68.7 cm³/mol. The van der Waals surface area contributed by atoms with Gasteiger partial charge in [-0.3, -0.25) is 4.98 Å². The number of fused-ring (bicyclic) bond motifs is 1. The van der Waals surface area contributed by atoms with Crippen LogP contribution in [0.5, 0.6) is 0 Å². The van der Waals surface area contributed by atoms with Crippen LogP contribution in [0.25, 0.3) is 0 Å². The third-order valence-electron chi connectivity index (χ3n) is 4.14. The Balaban J connectivity index is 1.50. The number of rotatable bonds is 3. The average molecular weight is 231 g/mol. The van der Waals surface area contributed by atoms with E-state index < -0.39 is 0 Å². The Hall–Kier alpha value is -0.930. The molecular formula is C14H21N3. The highest BCUT2D eigenvalue weighted by Gasteiger charge is 2.31. The minimum Gasteiger partial charge on any atom is -0.310 e. The highest BCUT2D eigenvalue weighted by molar-refractivity contribution is 5.08. The summed E-state index contributed by atoms with van der Waals surface area (Å²) >= 11 is 0. The van der Waals surface area contributed by atoms with E-state index in [0.29, 0.717) is 6.04 Å². The van der Waals surface area contributed by atoms with Crippen LogP contribution >= 0.6 is 0 Å². The molecular weight excluding hydrogens is 210 g/mol. The highest BCUT2D eigenvalue weighted by atomic mass is 15.2. The van der Waals surface area contributed by atoms with Crippen molar-refractivity contribution in [2.75, 3.05) is 13.1 Å². The molecule has 2 aliphatic heterocycles. The first-order valence-electron chi connectivity index (χ1n) is 6.78. The molecule has 3 heteroatoms. The van der Waals surface area contributed by atoms with Gasteiger partial charge in [-0.15, -0.1) is 0 Å². The predicted octanol–water partition coefficient (Wildman–Crippen LogP) is 1.80. The zero-order chi connectivity index (χ0) is 11.5. The third-order valence-corrected chi connectivity index (χ3v) is 4.14. The van der Waals surface area contributed by atoms with Crippen molar-refractivity contribution in [1.29, 1.82) is 0 Å². The molecule has 1 aromatic rings. The van der Waals surface area contributed by atoms with Gasteiger partial charge in [-0.2, -0.15) is 0 Å². The molecule has 0 radical (unpaired) electrons. The Labute approximate surface area is 103 Å². The summed E-state index contributed by atoms with van der Waals surface area (Å²) in [6.45, 7) is 3.58. The van der Waals surface area contributed by atoms with Crippen molar-refractivity contribution in [3.05, 3.63) is 30.1 Å². The standard InChI is InChI=1S/C14H21N3/c1-3-12(10-15-6-1)11-16-13-5-8-17-7-2-4-14(17)9-13/h1,3,6,10,13-14,16H,2,4-5,7-9,11H2. The molecule has 2 saturated heterocycles. The monoisotopic (exact) mass is 231 g/mol. The summed E-state index contributed by atoms with van der Waals surface area (Å²) in [5.41, 5.74) is 1.29. The Kier molecular flexibility index (Phi) is 3.39. The van der Waals surface area contributed by atoms with E-state index >= 15 is 0 Å². The van der Waals surface area contributed by atoms with Gasteiger partial charge < -0.3 is 10.2 Å². The Morgan fingerprint density at radius 2 is 2.35 bits per heavy atom. The van der Waals surface area contributed by atoms with Crippen LogP contribution in [0.4, 0.5) is 0 Å². The summed E-state index contributed by atoms with van der Waals surface area (Å²) in [5.74, 6) is 0. The first kappa shape index (κ1) is 11.2.